The van der Waals surface area contributed by atoms with E-state index in [4.69, 9.17) is 13.6 Å². The SMILES string of the molecule is C[C@@H]1O[C@@H](O)[C@H](O[Si](c2ccccc2)(c2ccccc2)C(C)(C)C)[C@H](O)[C@H]1O[Si](c1ccccc1)(c1ccccc1)C(C)(C)C. The molecular weight excluding hydrogens is 593 g/mol. The highest BCUT2D eigenvalue weighted by molar-refractivity contribution is 7.00. The molecule has 1 fully saturated rings. The summed E-state index contributed by atoms with van der Waals surface area (Å²) in [6.07, 6.45) is -4.89. The quantitative estimate of drug-likeness (QED) is 0.266. The second kappa shape index (κ2) is 13.1. The Labute approximate surface area is 271 Å². The van der Waals surface area contributed by atoms with Crippen molar-refractivity contribution >= 4 is 37.4 Å². The summed E-state index contributed by atoms with van der Waals surface area (Å²) in [5.74, 6) is 0. The van der Waals surface area contributed by atoms with Crippen molar-refractivity contribution in [3.63, 3.8) is 0 Å². The zero-order valence-corrected chi connectivity index (χ0v) is 29.6. The summed E-state index contributed by atoms with van der Waals surface area (Å²) >= 11 is 0. The van der Waals surface area contributed by atoms with Crippen LogP contribution in [0.25, 0.3) is 0 Å². The van der Waals surface area contributed by atoms with Crippen molar-refractivity contribution in [2.75, 3.05) is 0 Å². The van der Waals surface area contributed by atoms with Gasteiger partial charge >= 0.3 is 0 Å². The van der Waals surface area contributed by atoms with Gasteiger partial charge in [-0.15, -0.1) is 0 Å². The molecule has 45 heavy (non-hydrogen) atoms. The van der Waals surface area contributed by atoms with Gasteiger partial charge in [0.25, 0.3) is 16.6 Å². The Morgan fingerprint density at radius 2 is 0.800 bits per heavy atom. The van der Waals surface area contributed by atoms with Crippen LogP contribution in [0.1, 0.15) is 48.5 Å². The average Bonchev–Trinajstić information content (AvgIpc) is 3.02. The first kappa shape index (κ1) is 33.5. The van der Waals surface area contributed by atoms with E-state index in [2.05, 4.69) is 90.1 Å². The number of rotatable bonds is 8. The summed E-state index contributed by atoms with van der Waals surface area (Å²) in [6.45, 7) is 15.1. The summed E-state index contributed by atoms with van der Waals surface area (Å²) in [6, 6.07) is 41.3. The third kappa shape index (κ3) is 6.15. The van der Waals surface area contributed by atoms with Gasteiger partial charge in [-0.3, -0.25) is 0 Å². The monoisotopic (exact) mass is 640 g/mol. The Morgan fingerprint density at radius 1 is 0.511 bits per heavy atom. The largest absolute Gasteiger partial charge is 0.399 e. The molecule has 1 aliphatic rings. The molecular formula is C38H48O5Si2. The highest BCUT2D eigenvalue weighted by Gasteiger charge is 2.58. The molecule has 2 N–H and O–H groups in total. The Morgan fingerprint density at radius 3 is 1.09 bits per heavy atom. The van der Waals surface area contributed by atoms with Gasteiger partial charge in [-0.25, -0.2) is 0 Å². The molecule has 5 nitrogen and oxygen atoms in total. The van der Waals surface area contributed by atoms with Crippen molar-refractivity contribution in [1.29, 1.82) is 0 Å². The van der Waals surface area contributed by atoms with E-state index in [1.807, 2.05) is 79.7 Å². The summed E-state index contributed by atoms with van der Waals surface area (Å²) in [7, 11) is -6.20. The zero-order valence-electron chi connectivity index (χ0n) is 27.6. The van der Waals surface area contributed by atoms with E-state index >= 15 is 0 Å². The van der Waals surface area contributed by atoms with Gasteiger partial charge in [0.15, 0.2) is 6.29 Å². The summed E-state index contributed by atoms with van der Waals surface area (Å²) in [5.41, 5.74) is 0. The van der Waals surface area contributed by atoms with E-state index in [0.29, 0.717) is 0 Å². The number of hydrogen-bond acceptors (Lipinski definition) is 5. The van der Waals surface area contributed by atoms with Crippen molar-refractivity contribution in [3.8, 4) is 0 Å². The van der Waals surface area contributed by atoms with Gasteiger partial charge in [-0.1, -0.05) is 163 Å². The molecule has 4 aromatic rings. The summed E-state index contributed by atoms with van der Waals surface area (Å²) in [4.78, 5) is 0. The molecule has 5 atom stereocenters. The number of aliphatic hydroxyl groups excluding tert-OH is 2. The molecule has 0 saturated carbocycles. The highest BCUT2D eigenvalue weighted by Crippen LogP contribution is 2.42. The fourth-order valence-corrected chi connectivity index (χ4v) is 16.5. The van der Waals surface area contributed by atoms with Gasteiger partial charge in [-0.05, 0) is 37.7 Å². The molecule has 0 aliphatic carbocycles. The lowest BCUT2D eigenvalue weighted by atomic mass is 10.0. The van der Waals surface area contributed by atoms with Crippen LogP contribution in [0.4, 0.5) is 0 Å². The van der Waals surface area contributed by atoms with Crippen LogP contribution in [0.3, 0.4) is 0 Å². The number of aliphatic hydroxyl groups is 2. The minimum absolute atomic E-state index is 0.306. The van der Waals surface area contributed by atoms with Crippen LogP contribution in [-0.2, 0) is 13.6 Å². The third-order valence-corrected chi connectivity index (χ3v) is 19.3. The Balaban J connectivity index is 1.64. The van der Waals surface area contributed by atoms with Crippen molar-refractivity contribution < 1.29 is 23.8 Å². The van der Waals surface area contributed by atoms with Gasteiger partial charge in [0.05, 0.1) is 6.10 Å². The first-order valence-electron chi connectivity index (χ1n) is 15.9. The second-order valence-electron chi connectivity index (χ2n) is 14.2. The predicted octanol–water partition coefficient (Wildman–Crippen LogP) is 4.97. The molecule has 7 heteroatoms. The molecule has 4 aromatic carbocycles. The van der Waals surface area contributed by atoms with Crippen molar-refractivity contribution in [2.45, 2.75) is 89.2 Å². The minimum atomic E-state index is -3.14. The number of benzene rings is 4. The maximum atomic E-state index is 12.4. The predicted molar refractivity (Wildman–Crippen MR) is 188 cm³/mol. The van der Waals surface area contributed by atoms with Crippen LogP contribution in [0.15, 0.2) is 121 Å². The molecule has 238 valence electrons. The van der Waals surface area contributed by atoms with Gasteiger partial charge in [0.1, 0.15) is 18.3 Å². The second-order valence-corrected chi connectivity index (χ2v) is 22.7. The van der Waals surface area contributed by atoms with E-state index in [1.54, 1.807) is 0 Å². The topological polar surface area (TPSA) is 68.2 Å². The molecule has 5 rings (SSSR count). The van der Waals surface area contributed by atoms with Crippen molar-refractivity contribution in [1.82, 2.24) is 0 Å². The lowest BCUT2D eigenvalue weighted by Gasteiger charge is -2.52. The molecule has 0 radical (unpaired) electrons. The molecule has 0 unspecified atom stereocenters. The molecule has 0 bridgehead atoms. The lowest BCUT2D eigenvalue weighted by molar-refractivity contribution is -0.269. The molecule has 0 spiro atoms. The van der Waals surface area contributed by atoms with Gasteiger partial charge in [-0.2, -0.15) is 0 Å². The summed E-state index contributed by atoms with van der Waals surface area (Å²) in [5, 5.41) is 27.6. The van der Waals surface area contributed by atoms with Crippen LogP contribution in [0.5, 0.6) is 0 Å². The first-order valence-corrected chi connectivity index (χ1v) is 19.7. The standard InChI is InChI=1S/C38H48O5Si2/c1-28-34(42-44(37(2,3)4,29-20-12-8-13-21-29)30-22-14-9-15-23-30)33(39)35(36(40)41-28)43-45(38(5,6)7,31-24-16-10-17-25-31)32-26-18-11-19-27-32/h8-28,33-36,39-40H,1-7H3/t28-,33+,34-,35+,36+/m0/s1. The van der Waals surface area contributed by atoms with Crippen LogP contribution < -0.4 is 20.7 Å². The van der Waals surface area contributed by atoms with Gasteiger partial charge < -0.3 is 23.8 Å². The van der Waals surface area contributed by atoms with Crippen LogP contribution in [0, 0.1) is 0 Å². The maximum Gasteiger partial charge on any atom is 0.261 e. The Bertz CT molecular complexity index is 1310. The Hall–Kier alpha value is -2.89. The van der Waals surface area contributed by atoms with Gasteiger partial charge in [0.2, 0.25) is 0 Å². The molecule has 1 saturated heterocycles. The summed E-state index contributed by atoms with van der Waals surface area (Å²) < 4.78 is 20.9. The highest BCUT2D eigenvalue weighted by atomic mass is 28.4. The molecule has 1 heterocycles. The number of ether oxygens (including phenoxy) is 1. The number of hydrogen-bond donors (Lipinski definition) is 2. The molecule has 0 amide bonds. The normalized spacial score (nSPS) is 23.1. The Kier molecular flexibility index (Phi) is 9.73. The third-order valence-electron chi connectivity index (χ3n) is 9.23. The van der Waals surface area contributed by atoms with E-state index in [9.17, 15) is 10.2 Å². The van der Waals surface area contributed by atoms with Crippen molar-refractivity contribution in [3.05, 3.63) is 121 Å². The van der Waals surface area contributed by atoms with E-state index in [1.165, 1.54) is 0 Å². The first-order chi connectivity index (χ1) is 21.3. The fourth-order valence-electron chi connectivity index (χ4n) is 7.09. The maximum absolute atomic E-state index is 12.4. The lowest BCUT2D eigenvalue weighted by Crippen LogP contribution is -2.74. The molecule has 0 aromatic heterocycles. The molecule has 1 aliphatic heterocycles. The van der Waals surface area contributed by atoms with Crippen LogP contribution in [0.2, 0.25) is 10.1 Å². The average molecular weight is 641 g/mol. The van der Waals surface area contributed by atoms with E-state index in [0.717, 1.165) is 20.7 Å². The zero-order chi connectivity index (χ0) is 32.5. The van der Waals surface area contributed by atoms with E-state index in [-0.39, 0.29) is 10.1 Å². The van der Waals surface area contributed by atoms with Crippen LogP contribution in [-0.4, -0.2) is 57.6 Å². The van der Waals surface area contributed by atoms with Crippen molar-refractivity contribution in [2.24, 2.45) is 0 Å². The van der Waals surface area contributed by atoms with E-state index < -0.39 is 47.3 Å². The smallest absolute Gasteiger partial charge is 0.261 e. The van der Waals surface area contributed by atoms with Gasteiger partial charge in [0, 0.05) is 0 Å². The van der Waals surface area contributed by atoms with Crippen LogP contribution >= 0.6 is 0 Å². The minimum Gasteiger partial charge on any atom is -0.399 e. The fraction of sp³-hybridized carbons (Fsp3) is 0.368.